The molecule has 5 nitrogen and oxygen atoms in total. The van der Waals surface area contributed by atoms with E-state index >= 15 is 0 Å². The lowest BCUT2D eigenvalue weighted by atomic mass is 9.45. The van der Waals surface area contributed by atoms with Gasteiger partial charge >= 0.3 is 0 Å². The number of amides is 1. The number of fused-ring (bicyclic) bond motifs is 5. The first-order valence-corrected chi connectivity index (χ1v) is 12.8. The van der Waals surface area contributed by atoms with Crippen molar-refractivity contribution >= 4 is 5.91 Å². The van der Waals surface area contributed by atoms with E-state index in [1.165, 1.54) is 43.4 Å². The van der Waals surface area contributed by atoms with Gasteiger partial charge in [-0.05, 0) is 92.3 Å². The summed E-state index contributed by atoms with van der Waals surface area (Å²) in [5, 5.41) is 13.7. The van der Waals surface area contributed by atoms with Crippen LogP contribution < -0.4 is 10.2 Å². The minimum Gasteiger partial charge on any atom is -0.393 e. The first-order valence-electron chi connectivity index (χ1n) is 12.8. The molecule has 8 atom stereocenters. The molecule has 1 amide bonds. The molecule has 5 heteroatoms. The van der Waals surface area contributed by atoms with E-state index in [1.54, 1.807) is 0 Å². The van der Waals surface area contributed by atoms with Gasteiger partial charge < -0.3 is 20.1 Å². The molecule has 4 aliphatic carbocycles. The Morgan fingerprint density at radius 1 is 1.00 bits per heavy atom. The highest BCUT2D eigenvalue weighted by Crippen LogP contribution is 2.66. The number of carbonyl (C=O) groups excluding carboxylic acids is 1. The molecule has 0 unspecified atom stereocenters. The average molecular weight is 420 g/mol. The van der Waals surface area contributed by atoms with Crippen LogP contribution in [-0.4, -0.2) is 56.0 Å². The van der Waals surface area contributed by atoms with Gasteiger partial charge in [0.05, 0.1) is 19.3 Å². The van der Waals surface area contributed by atoms with Crippen LogP contribution >= 0.6 is 0 Å². The number of morpholine rings is 1. The average Bonchev–Trinajstić information content (AvgIpc) is 3.05. The van der Waals surface area contributed by atoms with Gasteiger partial charge in [0.25, 0.3) is 5.91 Å². The van der Waals surface area contributed by atoms with E-state index in [-0.39, 0.29) is 17.4 Å². The number of aliphatic hydroxyl groups is 1. The van der Waals surface area contributed by atoms with Crippen molar-refractivity contribution in [2.75, 3.05) is 32.8 Å². The quantitative estimate of drug-likeness (QED) is 0.654. The molecule has 0 aromatic heterocycles. The van der Waals surface area contributed by atoms with E-state index in [9.17, 15) is 9.90 Å². The molecule has 30 heavy (non-hydrogen) atoms. The third kappa shape index (κ3) is 3.53. The summed E-state index contributed by atoms with van der Waals surface area (Å²) in [4.78, 5) is 14.2. The zero-order valence-corrected chi connectivity index (χ0v) is 19.1. The van der Waals surface area contributed by atoms with E-state index in [0.29, 0.717) is 18.0 Å². The molecule has 0 radical (unpaired) electrons. The third-order valence-corrected chi connectivity index (χ3v) is 10.6. The molecule has 1 saturated heterocycles. The Labute approximate surface area is 182 Å². The largest absolute Gasteiger partial charge is 0.393 e. The topological polar surface area (TPSA) is 63.0 Å². The zero-order valence-electron chi connectivity index (χ0n) is 19.1. The number of ether oxygens (including phenoxy) is 1. The summed E-state index contributed by atoms with van der Waals surface area (Å²) in [7, 11) is 0. The molecule has 5 rings (SSSR count). The van der Waals surface area contributed by atoms with Gasteiger partial charge in [-0.25, -0.2) is 0 Å². The molecule has 5 fully saturated rings. The fourth-order valence-electron chi connectivity index (χ4n) is 8.78. The Morgan fingerprint density at radius 2 is 1.73 bits per heavy atom. The van der Waals surface area contributed by atoms with Crippen LogP contribution in [0.1, 0.15) is 71.6 Å². The summed E-state index contributed by atoms with van der Waals surface area (Å²) in [5.41, 5.74) is 0.707. The van der Waals surface area contributed by atoms with Gasteiger partial charge in [0.2, 0.25) is 0 Å². The van der Waals surface area contributed by atoms with E-state index in [2.05, 4.69) is 19.2 Å². The van der Waals surface area contributed by atoms with Crippen LogP contribution in [0.4, 0.5) is 0 Å². The monoisotopic (exact) mass is 419 g/mol. The van der Waals surface area contributed by atoms with E-state index in [0.717, 1.165) is 69.2 Å². The summed E-state index contributed by atoms with van der Waals surface area (Å²) < 4.78 is 5.44. The van der Waals surface area contributed by atoms with Gasteiger partial charge in [0, 0.05) is 6.04 Å². The van der Waals surface area contributed by atoms with E-state index < -0.39 is 0 Å². The third-order valence-electron chi connectivity index (χ3n) is 10.6. The SMILES string of the molecule is C[C@]12CC[C@@H](O)C[C@@H]1CC[C@H]1[C@H]3CC[C@H](NC(=O)C[NH+]4CCOCC4)[C@@]3(C)CC[C@@H]12. The number of aliphatic hydroxyl groups excluding tert-OH is 1. The van der Waals surface area contributed by atoms with Crippen molar-refractivity contribution < 1.29 is 19.5 Å². The molecule has 0 bridgehead atoms. The smallest absolute Gasteiger partial charge is 0.275 e. The minimum absolute atomic E-state index is 0.0619. The number of nitrogens with one attached hydrogen (secondary N) is 2. The highest BCUT2D eigenvalue weighted by molar-refractivity contribution is 5.77. The van der Waals surface area contributed by atoms with Gasteiger partial charge in [-0.2, -0.15) is 0 Å². The molecular formula is C25H43N2O3+. The van der Waals surface area contributed by atoms with Gasteiger partial charge in [-0.15, -0.1) is 0 Å². The van der Waals surface area contributed by atoms with Crippen molar-refractivity contribution in [1.29, 1.82) is 0 Å². The van der Waals surface area contributed by atoms with Gasteiger partial charge in [0.15, 0.2) is 6.54 Å². The first kappa shape index (κ1) is 21.2. The van der Waals surface area contributed by atoms with Crippen molar-refractivity contribution in [3.05, 3.63) is 0 Å². The maximum absolute atomic E-state index is 12.8. The van der Waals surface area contributed by atoms with Crippen LogP contribution in [0, 0.1) is 34.5 Å². The Kier molecular flexibility index (Phi) is 5.69. The second-order valence-corrected chi connectivity index (χ2v) is 11.9. The second kappa shape index (κ2) is 8.04. The molecular weight excluding hydrogens is 376 g/mol. The van der Waals surface area contributed by atoms with Crippen molar-refractivity contribution in [1.82, 2.24) is 5.32 Å². The minimum atomic E-state index is -0.0619. The van der Waals surface area contributed by atoms with Gasteiger partial charge in [-0.3, -0.25) is 4.79 Å². The van der Waals surface area contributed by atoms with Crippen LogP contribution in [0.15, 0.2) is 0 Å². The Balaban J connectivity index is 1.25. The number of quaternary nitrogens is 1. The zero-order chi connectivity index (χ0) is 20.9. The highest BCUT2D eigenvalue weighted by Gasteiger charge is 2.60. The fraction of sp³-hybridized carbons (Fsp3) is 0.960. The van der Waals surface area contributed by atoms with Crippen molar-refractivity contribution in [2.45, 2.75) is 83.8 Å². The van der Waals surface area contributed by atoms with Crippen molar-refractivity contribution in [2.24, 2.45) is 34.5 Å². The maximum Gasteiger partial charge on any atom is 0.275 e. The summed E-state index contributed by atoms with van der Waals surface area (Å²) in [6, 6.07) is 0.357. The predicted molar refractivity (Wildman–Crippen MR) is 116 cm³/mol. The Bertz CT molecular complexity index is 650. The van der Waals surface area contributed by atoms with Crippen LogP contribution in [0.3, 0.4) is 0 Å². The van der Waals surface area contributed by atoms with E-state index in [4.69, 9.17) is 4.74 Å². The molecule has 5 aliphatic rings. The Morgan fingerprint density at radius 3 is 2.53 bits per heavy atom. The predicted octanol–water partition coefficient (Wildman–Crippen LogP) is 1.79. The molecule has 4 saturated carbocycles. The normalized spacial score (nSPS) is 49.0. The summed E-state index contributed by atoms with van der Waals surface area (Å²) in [6.45, 7) is 9.13. The summed E-state index contributed by atoms with van der Waals surface area (Å²) >= 11 is 0. The molecule has 1 heterocycles. The Hall–Kier alpha value is -0.650. The summed E-state index contributed by atoms with van der Waals surface area (Å²) in [5.74, 6) is 3.39. The fourth-order valence-corrected chi connectivity index (χ4v) is 8.78. The lowest BCUT2D eigenvalue weighted by Gasteiger charge is -2.60. The molecule has 170 valence electrons. The van der Waals surface area contributed by atoms with Crippen molar-refractivity contribution in [3.8, 4) is 0 Å². The first-order chi connectivity index (χ1) is 14.4. The number of hydrogen-bond donors (Lipinski definition) is 3. The van der Waals surface area contributed by atoms with Gasteiger partial charge in [-0.1, -0.05) is 13.8 Å². The highest BCUT2D eigenvalue weighted by atomic mass is 16.5. The van der Waals surface area contributed by atoms with Crippen molar-refractivity contribution in [3.63, 3.8) is 0 Å². The number of hydrogen-bond acceptors (Lipinski definition) is 3. The molecule has 0 aromatic carbocycles. The van der Waals surface area contributed by atoms with Crippen LogP contribution in [0.5, 0.6) is 0 Å². The molecule has 1 aliphatic heterocycles. The molecule has 0 spiro atoms. The van der Waals surface area contributed by atoms with E-state index in [1.807, 2.05) is 0 Å². The van der Waals surface area contributed by atoms with Gasteiger partial charge in [0.1, 0.15) is 13.1 Å². The maximum atomic E-state index is 12.8. The van der Waals surface area contributed by atoms with Crippen LogP contribution in [-0.2, 0) is 9.53 Å². The molecule has 3 N–H and O–H groups in total. The standard InChI is InChI=1S/C25H42N2O3/c1-24-9-7-18(28)15-17(24)3-4-19-20-5-6-22(25(20,2)10-8-21(19)24)26-23(29)16-27-11-13-30-14-12-27/h17-22,28H,3-16H2,1-2H3,(H,26,29)/p+1/t17-,18+,19-,20+,21-,22-,24-,25-/m0/s1. The lowest BCUT2D eigenvalue weighted by molar-refractivity contribution is -0.900. The van der Waals surface area contributed by atoms with Crippen LogP contribution in [0.25, 0.3) is 0 Å². The van der Waals surface area contributed by atoms with Crippen LogP contribution in [0.2, 0.25) is 0 Å². The second-order valence-electron chi connectivity index (χ2n) is 11.9. The number of rotatable bonds is 3. The summed E-state index contributed by atoms with van der Waals surface area (Å²) in [6.07, 6.45) is 10.9. The molecule has 0 aromatic rings. The number of carbonyl (C=O) groups is 1. The lowest BCUT2D eigenvalue weighted by Crippen LogP contribution is -3.15.